The molecule has 0 atom stereocenters. The van der Waals surface area contributed by atoms with Crippen LogP contribution >= 0.6 is 0 Å². The number of pyridine rings is 1. The molecule has 1 heterocycles. The van der Waals surface area contributed by atoms with Crippen LogP contribution in [0.15, 0.2) is 88.8 Å². The number of fused-ring (bicyclic) bond motifs is 1. The summed E-state index contributed by atoms with van der Waals surface area (Å²) >= 11 is 0. The number of benzene rings is 3. The third-order valence-electron chi connectivity index (χ3n) is 5.24. The molecular weight excluding hydrogens is 392 g/mol. The van der Waals surface area contributed by atoms with E-state index in [0.717, 1.165) is 34.0 Å². The minimum Gasteiger partial charge on any atom is -0.379 e. The number of aromatic nitrogens is 1. The first kappa shape index (κ1) is 20.1. The maximum atomic E-state index is 13.5. The summed E-state index contributed by atoms with van der Waals surface area (Å²) in [5, 5.41) is 4.21. The van der Waals surface area contributed by atoms with Crippen LogP contribution < -0.4 is 5.32 Å². The third kappa shape index (κ3) is 3.94. The second-order valence-electron chi connectivity index (χ2n) is 7.36. The molecule has 1 aromatic heterocycles. The molecule has 0 saturated heterocycles. The summed E-state index contributed by atoms with van der Waals surface area (Å²) in [5.74, 6) is 0. The van der Waals surface area contributed by atoms with Crippen LogP contribution in [0.4, 0.5) is 5.69 Å². The fourth-order valence-corrected chi connectivity index (χ4v) is 4.85. The Bertz CT molecular complexity index is 1280. The Balaban J connectivity index is 1.88. The minimum atomic E-state index is -3.73. The van der Waals surface area contributed by atoms with E-state index in [4.69, 9.17) is 0 Å². The number of nitrogens with zero attached hydrogens (tertiary/aromatic N) is 1. The summed E-state index contributed by atoms with van der Waals surface area (Å²) in [6, 6.07) is 22.9. The van der Waals surface area contributed by atoms with Crippen LogP contribution in [0, 0.1) is 6.92 Å². The zero-order chi connectivity index (χ0) is 21.1. The highest BCUT2D eigenvalue weighted by Crippen LogP contribution is 2.34. The van der Waals surface area contributed by atoms with Crippen LogP contribution in [0.5, 0.6) is 0 Å². The van der Waals surface area contributed by atoms with E-state index in [0.29, 0.717) is 12.2 Å². The average molecular weight is 417 g/mol. The lowest BCUT2D eigenvalue weighted by atomic mass is 10.1. The number of hydrogen-bond acceptors (Lipinski definition) is 4. The van der Waals surface area contributed by atoms with Crippen molar-refractivity contribution in [3.05, 3.63) is 95.7 Å². The van der Waals surface area contributed by atoms with Crippen molar-refractivity contribution in [1.82, 2.24) is 4.98 Å². The van der Waals surface area contributed by atoms with Gasteiger partial charge in [-0.2, -0.15) is 0 Å². The van der Waals surface area contributed by atoms with Crippen molar-refractivity contribution in [2.45, 2.75) is 36.6 Å². The Morgan fingerprint density at radius 3 is 2.33 bits per heavy atom. The van der Waals surface area contributed by atoms with Crippen LogP contribution in [-0.2, 0) is 22.8 Å². The smallest absolute Gasteiger partial charge is 0.210 e. The van der Waals surface area contributed by atoms with Crippen molar-refractivity contribution < 1.29 is 8.42 Å². The Hall–Kier alpha value is -3.18. The first-order valence-electron chi connectivity index (χ1n) is 10.00. The van der Waals surface area contributed by atoms with E-state index in [2.05, 4.69) is 17.2 Å². The molecule has 0 aliphatic heterocycles. The van der Waals surface area contributed by atoms with Crippen LogP contribution in [0.1, 0.15) is 23.6 Å². The molecule has 30 heavy (non-hydrogen) atoms. The molecule has 0 spiro atoms. The quantitative estimate of drug-likeness (QED) is 0.448. The molecule has 0 fully saturated rings. The Morgan fingerprint density at radius 1 is 0.900 bits per heavy atom. The number of aryl methyl sites for hydroxylation is 2. The van der Waals surface area contributed by atoms with E-state index in [-0.39, 0.29) is 9.79 Å². The summed E-state index contributed by atoms with van der Waals surface area (Å²) in [4.78, 5) is 4.93. The van der Waals surface area contributed by atoms with Gasteiger partial charge in [0.25, 0.3) is 0 Å². The molecule has 4 rings (SSSR count). The molecule has 0 unspecified atom stereocenters. The van der Waals surface area contributed by atoms with Gasteiger partial charge in [0.2, 0.25) is 9.84 Å². The Kier molecular flexibility index (Phi) is 5.55. The van der Waals surface area contributed by atoms with Crippen LogP contribution in [0.2, 0.25) is 0 Å². The summed E-state index contributed by atoms with van der Waals surface area (Å²) in [5.41, 5.74) is 4.59. The molecule has 5 heteroatoms. The van der Waals surface area contributed by atoms with Crippen molar-refractivity contribution >= 4 is 26.4 Å². The molecule has 0 radical (unpaired) electrons. The molecule has 4 nitrogen and oxygen atoms in total. The van der Waals surface area contributed by atoms with Gasteiger partial charge in [0.1, 0.15) is 4.90 Å². The van der Waals surface area contributed by atoms with Gasteiger partial charge in [0.15, 0.2) is 0 Å². The lowest BCUT2D eigenvalue weighted by molar-refractivity contribution is 0.596. The van der Waals surface area contributed by atoms with Crippen LogP contribution in [0.3, 0.4) is 0 Å². The van der Waals surface area contributed by atoms with E-state index in [1.54, 1.807) is 12.1 Å². The maximum Gasteiger partial charge on any atom is 0.210 e. The highest BCUT2D eigenvalue weighted by Gasteiger charge is 2.24. The number of nitrogens with one attached hydrogen (secondary N) is 1. The van der Waals surface area contributed by atoms with Gasteiger partial charge in [0.05, 0.1) is 16.1 Å². The first-order chi connectivity index (χ1) is 14.5. The predicted molar refractivity (Wildman–Crippen MR) is 122 cm³/mol. The normalized spacial score (nSPS) is 11.5. The van der Waals surface area contributed by atoms with Gasteiger partial charge >= 0.3 is 0 Å². The molecule has 0 bridgehead atoms. The van der Waals surface area contributed by atoms with E-state index in [9.17, 15) is 8.42 Å². The van der Waals surface area contributed by atoms with Crippen molar-refractivity contribution in [3.63, 3.8) is 0 Å². The van der Waals surface area contributed by atoms with Crippen molar-refractivity contribution in [2.24, 2.45) is 0 Å². The zero-order valence-corrected chi connectivity index (χ0v) is 17.9. The number of anilines is 1. The largest absolute Gasteiger partial charge is 0.379 e. The Labute approximate surface area is 177 Å². The summed E-state index contributed by atoms with van der Waals surface area (Å²) < 4.78 is 27.0. The molecule has 0 aliphatic carbocycles. The van der Waals surface area contributed by atoms with Crippen LogP contribution in [0.25, 0.3) is 10.9 Å². The number of hydrogen-bond donors (Lipinski definition) is 1. The van der Waals surface area contributed by atoms with Gasteiger partial charge in [-0.25, -0.2) is 8.42 Å². The molecule has 152 valence electrons. The average Bonchev–Trinajstić information content (AvgIpc) is 2.77. The lowest BCUT2D eigenvalue weighted by Crippen LogP contribution is -2.10. The summed E-state index contributed by atoms with van der Waals surface area (Å²) in [6.45, 7) is 4.54. The highest BCUT2D eigenvalue weighted by molar-refractivity contribution is 7.91. The predicted octanol–water partition coefficient (Wildman–Crippen LogP) is 5.55. The fourth-order valence-electron chi connectivity index (χ4n) is 3.46. The summed E-state index contributed by atoms with van der Waals surface area (Å²) in [6.07, 6.45) is 2.33. The van der Waals surface area contributed by atoms with Crippen molar-refractivity contribution in [1.29, 1.82) is 0 Å². The lowest BCUT2D eigenvalue weighted by Gasteiger charge is -2.16. The Morgan fingerprint density at radius 2 is 1.63 bits per heavy atom. The van der Waals surface area contributed by atoms with E-state index >= 15 is 0 Å². The van der Waals surface area contributed by atoms with Gasteiger partial charge in [-0.15, -0.1) is 0 Å². The fraction of sp³-hybridized carbons (Fsp3) is 0.160. The molecule has 0 amide bonds. The second-order valence-corrected chi connectivity index (χ2v) is 9.28. The maximum absolute atomic E-state index is 13.5. The topological polar surface area (TPSA) is 59.1 Å². The summed E-state index contributed by atoms with van der Waals surface area (Å²) in [7, 11) is -3.73. The van der Waals surface area contributed by atoms with Crippen LogP contribution in [-0.4, -0.2) is 13.4 Å². The van der Waals surface area contributed by atoms with E-state index in [1.807, 2.05) is 67.6 Å². The molecule has 1 N–H and O–H groups in total. The van der Waals surface area contributed by atoms with Gasteiger partial charge < -0.3 is 5.32 Å². The molecular formula is C25H24N2O2S. The number of sulfone groups is 1. The minimum absolute atomic E-state index is 0.197. The molecule has 3 aromatic carbocycles. The number of rotatable bonds is 6. The SMILES string of the molecule is CCc1ccc2ncc(S(=O)(=O)c3ccc(C)cc3)c(NCc3ccccc3)c2c1. The van der Waals surface area contributed by atoms with Gasteiger partial charge in [0, 0.05) is 18.1 Å². The van der Waals surface area contributed by atoms with E-state index in [1.165, 1.54) is 6.20 Å². The monoisotopic (exact) mass is 416 g/mol. The van der Waals surface area contributed by atoms with Gasteiger partial charge in [-0.3, -0.25) is 4.98 Å². The van der Waals surface area contributed by atoms with Gasteiger partial charge in [-0.1, -0.05) is 61.0 Å². The highest BCUT2D eigenvalue weighted by atomic mass is 32.2. The molecule has 0 aliphatic rings. The van der Waals surface area contributed by atoms with E-state index < -0.39 is 9.84 Å². The van der Waals surface area contributed by atoms with Crippen molar-refractivity contribution in [2.75, 3.05) is 5.32 Å². The second kappa shape index (κ2) is 8.28. The third-order valence-corrected chi connectivity index (χ3v) is 7.02. The molecule has 0 saturated carbocycles. The first-order valence-corrected chi connectivity index (χ1v) is 11.5. The zero-order valence-electron chi connectivity index (χ0n) is 17.1. The van der Waals surface area contributed by atoms with Crippen molar-refractivity contribution in [3.8, 4) is 0 Å². The molecule has 4 aromatic rings. The van der Waals surface area contributed by atoms with Gasteiger partial charge in [-0.05, 0) is 48.7 Å². The standard InChI is InChI=1S/C25H24N2O2S/c1-3-19-11-14-23-22(15-19)25(27-16-20-7-5-4-6-8-20)24(17-26-23)30(28,29)21-12-9-18(2)10-13-21/h4-15,17H,3,16H2,1-2H3,(H,26,27).